The zero-order valence-electron chi connectivity index (χ0n) is 12.3. The van der Waals surface area contributed by atoms with E-state index in [1.165, 1.54) is 0 Å². The van der Waals surface area contributed by atoms with Gasteiger partial charge in [0.1, 0.15) is 0 Å². The highest BCUT2D eigenvalue weighted by atomic mass is 16.2. The van der Waals surface area contributed by atoms with E-state index in [1.807, 2.05) is 18.2 Å². The van der Waals surface area contributed by atoms with E-state index in [1.54, 1.807) is 23.2 Å². The van der Waals surface area contributed by atoms with Gasteiger partial charge in [-0.05, 0) is 24.1 Å². The fourth-order valence-corrected chi connectivity index (χ4v) is 2.29. The average molecular weight is 275 g/mol. The van der Waals surface area contributed by atoms with Gasteiger partial charge in [0.2, 0.25) is 5.91 Å². The normalized spacial score (nSPS) is 10.9. The van der Waals surface area contributed by atoms with Crippen LogP contribution in [0.25, 0.3) is 11.0 Å². The molecule has 20 heavy (non-hydrogen) atoms. The van der Waals surface area contributed by atoms with Crippen LogP contribution < -0.4 is 11.0 Å². The fraction of sp³-hybridized carbons (Fsp3) is 0.467. The van der Waals surface area contributed by atoms with Crippen LogP contribution in [0, 0.1) is 0 Å². The van der Waals surface area contributed by atoms with Gasteiger partial charge in [-0.25, -0.2) is 4.79 Å². The molecule has 1 N–H and O–H groups in total. The summed E-state index contributed by atoms with van der Waals surface area (Å²) < 4.78 is 3.25. The number of carbonyl (C=O) groups is 1. The maximum Gasteiger partial charge on any atom is 0.328 e. The summed E-state index contributed by atoms with van der Waals surface area (Å²) in [4.78, 5) is 23.4. The quantitative estimate of drug-likeness (QED) is 0.902. The summed E-state index contributed by atoms with van der Waals surface area (Å²) in [6, 6.07) is 5.82. The number of aryl methyl sites for hydroxylation is 2. The summed E-state index contributed by atoms with van der Waals surface area (Å²) in [7, 11) is 3.52. The summed E-state index contributed by atoms with van der Waals surface area (Å²) in [5.41, 5.74) is 2.75. The van der Waals surface area contributed by atoms with Crippen molar-refractivity contribution in [1.82, 2.24) is 14.5 Å². The summed E-state index contributed by atoms with van der Waals surface area (Å²) >= 11 is 0. The Labute approximate surface area is 118 Å². The molecule has 5 heteroatoms. The zero-order chi connectivity index (χ0) is 14.7. The molecule has 0 saturated carbocycles. The molecule has 1 aromatic carbocycles. The number of nitrogens with one attached hydrogen (secondary N) is 1. The molecule has 2 aromatic rings. The van der Waals surface area contributed by atoms with Crippen molar-refractivity contribution in [2.75, 3.05) is 0 Å². The Hall–Kier alpha value is -2.04. The molecule has 0 fully saturated rings. The maximum absolute atomic E-state index is 11.8. The second-order valence-corrected chi connectivity index (χ2v) is 5.10. The zero-order valence-corrected chi connectivity index (χ0v) is 12.3. The van der Waals surface area contributed by atoms with Crippen molar-refractivity contribution in [2.45, 2.75) is 32.7 Å². The number of carbonyl (C=O) groups excluding carboxylic acids is 1. The highest BCUT2D eigenvalue weighted by molar-refractivity contribution is 5.78. The first-order chi connectivity index (χ1) is 9.54. The van der Waals surface area contributed by atoms with E-state index in [0.29, 0.717) is 13.0 Å². The van der Waals surface area contributed by atoms with E-state index < -0.39 is 0 Å². The summed E-state index contributed by atoms with van der Waals surface area (Å²) in [5, 5.41) is 2.91. The summed E-state index contributed by atoms with van der Waals surface area (Å²) in [5.74, 6) is 0.0777. The standard InChI is InChI=1S/C15H21N3O2/c1-4-5-6-14(19)16-10-11-7-8-12-13(9-11)18(3)15(20)17(12)2/h7-9H,4-6,10H2,1-3H3,(H,16,19). The van der Waals surface area contributed by atoms with Gasteiger partial charge in [0.05, 0.1) is 11.0 Å². The van der Waals surface area contributed by atoms with Gasteiger partial charge in [-0.2, -0.15) is 0 Å². The van der Waals surface area contributed by atoms with Gasteiger partial charge in [-0.3, -0.25) is 13.9 Å². The van der Waals surface area contributed by atoms with E-state index in [9.17, 15) is 9.59 Å². The second-order valence-electron chi connectivity index (χ2n) is 5.10. The molecule has 1 heterocycles. The van der Waals surface area contributed by atoms with Crippen LogP contribution in [0.5, 0.6) is 0 Å². The summed E-state index contributed by atoms with van der Waals surface area (Å²) in [6.07, 6.45) is 2.51. The van der Waals surface area contributed by atoms with Crippen molar-refractivity contribution in [3.8, 4) is 0 Å². The van der Waals surface area contributed by atoms with Crippen molar-refractivity contribution in [2.24, 2.45) is 14.1 Å². The van der Waals surface area contributed by atoms with Crippen molar-refractivity contribution in [1.29, 1.82) is 0 Å². The lowest BCUT2D eigenvalue weighted by Gasteiger charge is -2.05. The van der Waals surface area contributed by atoms with Crippen molar-refractivity contribution in [3.05, 3.63) is 34.2 Å². The molecule has 0 unspecified atom stereocenters. The molecular weight excluding hydrogens is 254 g/mol. The third kappa shape index (κ3) is 2.76. The number of rotatable bonds is 5. The molecule has 5 nitrogen and oxygen atoms in total. The first-order valence-corrected chi connectivity index (χ1v) is 6.95. The van der Waals surface area contributed by atoms with E-state index in [-0.39, 0.29) is 11.6 Å². The van der Waals surface area contributed by atoms with Crippen LogP contribution in [0.4, 0.5) is 0 Å². The first-order valence-electron chi connectivity index (χ1n) is 6.95. The summed E-state index contributed by atoms with van der Waals surface area (Å²) in [6.45, 7) is 2.57. The molecule has 0 atom stereocenters. The smallest absolute Gasteiger partial charge is 0.328 e. The van der Waals surface area contributed by atoms with Crippen molar-refractivity contribution in [3.63, 3.8) is 0 Å². The molecule has 2 rings (SSSR count). The van der Waals surface area contributed by atoms with Crippen LogP contribution in [-0.4, -0.2) is 15.0 Å². The number of hydrogen-bond donors (Lipinski definition) is 1. The fourth-order valence-electron chi connectivity index (χ4n) is 2.29. The number of hydrogen-bond acceptors (Lipinski definition) is 2. The molecule has 0 spiro atoms. The number of benzene rings is 1. The Morgan fingerprint density at radius 2 is 1.90 bits per heavy atom. The lowest BCUT2D eigenvalue weighted by atomic mass is 10.2. The Kier molecular flexibility index (Phi) is 4.27. The van der Waals surface area contributed by atoms with Gasteiger partial charge in [-0.1, -0.05) is 19.4 Å². The molecule has 0 aliphatic rings. The van der Waals surface area contributed by atoms with Gasteiger partial charge in [0.15, 0.2) is 0 Å². The van der Waals surface area contributed by atoms with Crippen LogP contribution in [0.2, 0.25) is 0 Å². The molecule has 0 bridgehead atoms. The minimum absolute atomic E-state index is 0.0378. The van der Waals surface area contributed by atoms with Crippen molar-refractivity contribution < 1.29 is 4.79 Å². The highest BCUT2D eigenvalue weighted by Crippen LogP contribution is 2.13. The minimum atomic E-state index is -0.0378. The number of aromatic nitrogens is 2. The number of amides is 1. The number of unbranched alkanes of at least 4 members (excludes halogenated alkanes) is 1. The van der Waals surface area contributed by atoms with Gasteiger partial charge >= 0.3 is 5.69 Å². The lowest BCUT2D eigenvalue weighted by molar-refractivity contribution is -0.121. The van der Waals surface area contributed by atoms with E-state index in [2.05, 4.69) is 12.2 Å². The molecule has 0 aliphatic carbocycles. The van der Waals surface area contributed by atoms with Gasteiger partial charge in [-0.15, -0.1) is 0 Å². The van der Waals surface area contributed by atoms with Crippen molar-refractivity contribution >= 4 is 16.9 Å². The molecule has 1 aromatic heterocycles. The predicted molar refractivity (Wildman–Crippen MR) is 79.5 cm³/mol. The van der Waals surface area contributed by atoms with E-state index in [0.717, 1.165) is 29.4 Å². The van der Waals surface area contributed by atoms with Crippen LogP contribution in [0.15, 0.2) is 23.0 Å². The lowest BCUT2D eigenvalue weighted by Crippen LogP contribution is -2.22. The molecule has 0 aliphatic heterocycles. The largest absolute Gasteiger partial charge is 0.352 e. The molecular formula is C15H21N3O2. The molecule has 0 saturated heterocycles. The van der Waals surface area contributed by atoms with Crippen LogP contribution in [0.3, 0.4) is 0 Å². The van der Waals surface area contributed by atoms with E-state index >= 15 is 0 Å². The third-order valence-corrected chi connectivity index (χ3v) is 3.58. The third-order valence-electron chi connectivity index (χ3n) is 3.58. The molecule has 1 amide bonds. The number of fused-ring (bicyclic) bond motifs is 1. The van der Waals surface area contributed by atoms with Crippen LogP contribution in [-0.2, 0) is 25.4 Å². The topological polar surface area (TPSA) is 56.0 Å². The Bertz CT molecular complexity index is 682. The van der Waals surface area contributed by atoms with Crippen LogP contribution in [0.1, 0.15) is 31.7 Å². The SMILES string of the molecule is CCCCC(=O)NCc1ccc2c(c1)n(C)c(=O)n2C. The molecule has 0 radical (unpaired) electrons. The first kappa shape index (κ1) is 14.4. The van der Waals surface area contributed by atoms with E-state index in [4.69, 9.17) is 0 Å². The Morgan fingerprint density at radius 3 is 2.60 bits per heavy atom. The van der Waals surface area contributed by atoms with Gasteiger partial charge < -0.3 is 5.32 Å². The second kappa shape index (κ2) is 5.94. The van der Waals surface area contributed by atoms with Gasteiger partial charge in [0.25, 0.3) is 0 Å². The Morgan fingerprint density at radius 1 is 1.20 bits per heavy atom. The monoisotopic (exact) mass is 275 g/mol. The van der Waals surface area contributed by atoms with Gasteiger partial charge in [0, 0.05) is 27.1 Å². The number of nitrogens with zero attached hydrogens (tertiary/aromatic N) is 2. The van der Waals surface area contributed by atoms with Crippen LogP contribution >= 0.6 is 0 Å². The maximum atomic E-state index is 11.8. The highest BCUT2D eigenvalue weighted by Gasteiger charge is 2.08. The average Bonchev–Trinajstić information content (AvgIpc) is 2.67. The molecule has 108 valence electrons. The minimum Gasteiger partial charge on any atom is -0.352 e. The predicted octanol–water partition coefficient (Wildman–Crippen LogP) is 1.68. The Balaban J connectivity index is 2.14. The number of imidazole rings is 1.